The summed E-state index contributed by atoms with van der Waals surface area (Å²) in [4.78, 5) is 19.2. The molecule has 11 heteroatoms. The van der Waals surface area contributed by atoms with Crippen LogP contribution in [-0.4, -0.2) is 68.0 Å². The molecule has 0 atom stereocenters. The van der Waals surface area contributed by atoms with Gasteiger partial charge in [0.15, 0.2) is 5.03 Å². The van der Waals surface area contributed by atoms with E-state index in [2.05, 4.69) is 24.8 Å². The number of aryl methyl sites for hydroxylation is 1. The summed E-state index contributed by atoms with van der Waals surface area (Å²) in [6, 6.07) is 2.05. The van der Waals surface area contributed by atoms with Gasteiger partial charge in [-0.05, 0) is 20.8 Å². The van der Waals surface area contributed by atoms with Crippen molar-refractivity contribution in [3.63, 3.8) is 0 Å². The molecule has 0 unspecified atom stereocenters. The second-order valence-corrected chi connectivity index (χ2v) is 9.13. The van der Waals surface area contributed by atoms with E-state index in [-0.39, 0.29) is 11.1 Å². The van der Waals surface area contributed by atoms with Crippen molar-refractivity contribution in [3.8, 4) is 5.82 Å². The van der Waals surface area contributed by atoms with Gasteiger partial charge < -0.3 is 9.47 Å². The molecule has 154 valence electrons. The Labute approximate surface area is 169 Å². The van der Waals surface area contributed by atoms with Crippen molar-refractivity contribution in [1.29, 1.82) is 0 Å². The molecule has 0 aromatic carbocycles. The highest BCUT2D eigenvalue weighted by atomic mass is 32.2. The smallest absolute Gasteiger partial charge is 0.262 e. The Balaban J connectivity index is 1.49. The monoisotopic (exact) mass is 416 g/mol. The highest BCUT2D eigenvalue weighted by Gasteiger charge is 2.31. The molecule has 10 nitrogen and oxygen atoms in total. The van der Waals surface area contributed by atoms with E-state index in [0.717, 1.165) is 11.6 Å². The summed E-state index contributed by atoms with van der Waals surface area (Å²) in [5.41, 5.74) is 0. The average molecular weight is 417 g/mol. The van der Waals surface area contributed by atoms with Gasteiger partial charge in [0.2, 0.25) is 0 Å². The second-order valence-electron chi connectivity index (χ2n) is 7.25. The predicted molar refractivity (Wildman–Crippen MR) is 107 cm³/mol. The molecule has 0 amide bonds. The van der Waals surface area contributed by atoms with Gasteiger partial charge in [0.25, 0.3) is 10.0 Å². The molecule has 0 N–H and O–H groups in total. The number of imidazole rings is 2. The van der Waals surface area contributed by atoms with Crippen LogP contribution in [0.3, 0.4) is 0 Å². The van der Waals surface area contributed by atoms with Gasteiger partial charge in [0.05, 0.1) is 6.33 Å². The number of piperazine rings is 1. The van der Waals surface area contributed by atoms with Crippen LogP contribution in [0, 0.1) is 6.92 Å². The van der Waals surface area contributed by atoms with Crippen molar-refractivity contribution in [1.82, 2.24) is 33.4 Å². The lowest BCUT2D eigenvalue weighted by molar-refractivity contribution is 0.382. The lowest BCUT2D eigenvalue weighted by Gasteiger charge is -2.34. The Hall–Kier alpha value is -2.79. The Morgan fingerprint density at radius 1 is 1.03 bits per heavy atom. The third-order valence-electron chi connectivity index (χ3n) is 4.92. The second kappa shape index (κ2) is 7.56. The van der Waals surface area contributed by atoms with Crippen molar-refractivity contribution in [2.75, 3.05) is 31.1 Å². The maximum atomic E-state index is 12.9. The molecule has 0 spiro atoms. The minimum Gasteiger partial charge on any atom is -0.354 e. The van der Waals surface area contributed by atoms with Gasteiger partial charge in [-0.25, -0.2) is 28.4 Å². The van der Waals surface area contributed by atoms with E-state index in [4.69, 9.17) is 0 Å². The van der Waals surface area contributed by atoms with E-state index in [1.54, 1.807) is 29.6 Å². The number of nitrogens with zero attached hydrogens (tertiary/aromatic N) is 8. The fraction of sp³-hybridized carbons (Fsp3) is 0.444. The molecule has 0 radical (unpaired) electrons. The zero-order valence-corrected chi connectivity index (χ0v) is 17.5. The van der Waals surface area contributed by atoms with Crippen molar-refractivity contribution >= 4 is 15.8 Å². The Kier molecular flexibility index (Phi) is 5.09. The number of rotatable bonds is 5. The molecule has 0 bridgehead atoms. The van der Waals surface area contributed by atoms with E-state index in [1.807, 2.05) is 37.6 Å². The van der Waals surface area contributed by atoms with Crippen LogP contribution in [0.5, 0.6) is 0 Å². The molecule has 1 fully saturated rings. The Morgan fingerprint density at radius 3 is 2.38 bits per heavy atom. The van der Waals surface area contributed by atoms with Gasteiger partial charge >= 0.3 is 0 Å². The maximum absolute atomic E-state index is 12.9. The van der Waals surface area contributed by atoms with Crippen LogP contribution in [-0.2, 0) is 10.0 Å². The van der Waals surface area contributed by atoms with Crippen molar-refractivity contribution in [2.24, 2.45) is 0 Å². The quantitative estimate of drug-likeness (QED) is 0.617. The van der Waals surface area contributed by atoms with Crippen LogP contribution >= 0.6 is 0 Å². The molecule has 1 saturated heterocycles. The fourth-order valence-electron chi connectivity index (χ4n) is 3.25. The predicted octanol–water partition coefficient (Wildman–Crippen LogP) is 1.26. The number of aromatic nitrogens is 6. The van der Waals surface area contributed by atoms with Gasteiger partial charge in [-0.1, -0.05) is 0 Å². The summed E-state index contributed by atoms with van der Waals surface area (Å²) < 4.78 is 31.0. The van der Waals surface area contributed by atoms with Crippen LogP contribution in [0.1, 0.15) is 25.7 Å². The van der Waals surface area contributed by atoms with E-state index in [1.165, 1.54) is 4.31 Å². The van der Waals surface area contributed by atoms with Crippen LogP contribution in [0.4, 0.5) is 5.82 Å². The molecule has 1 aliphatic rings. The molecule has 4 rings (SSSR count). The average Bonchev–Trinajstić information content (AvgIpc) is 3.40. The van der Waals surface area contributed by atoms with Crippen LogP contribution in [0.2, 0.25) is 0 Å². The first-order chi connectivity index (χ1) is 13.8. The number of hydrogen-bond acceptors (Lipinski definition) is 7. The Morgan fingerprint density at radius 2 is 1.76 bits per heavy atom. The third kappa shape index (κ3) is 3.87. The molecule has 0 saturated carbocycles. The summed E-state index contributed by atoms with van der Waals surface area (Å²) >= 11 is 0. The van der Waals surface area contributed by atoms with Gasteiger partial charge in [0.1, 0.15) is 23.8 Å². The standard InChI is InChI=1S/C18H24N8O2S/c1-14(2)25-11-18(20-13-25)29(27,28)26-8-6-23(7-9-26)16-10-17(22-15(3)21-16)24-5-4-19-12-24/h4-5,10-14H,6-9H2,1-3H3. The zero-order chi connectivity index (χ0) is 20.6. The summed E-state index contributed by atoms with van der Waals surface area (Å²) in [5, 5.41) is 0.0972. The van der Waals surface area contributed by atoms with E-state index >= 15 is 0 Å². The highest BCUT2D eigenvalue weighted by molar-refractivity contribution is 7.89. The third-order valence-corrected chi connectivity index (χ3v) is 6.71. The van der Waals surface area contributed by atoms with E-state index in [9.17, 15) is 8.42 Å². The van der Waals surface area contributed by atoms with Gasteiger partial charge in [0, 0.05) is 56.9 Å². The fourth-order valence-corrected chi connectivity index (χ4v) is 4.59. The highest BCUT2D eigenvalue weighted by Crippen LogP contribution is 2.21. The van der Waals surface area contributed by atoms with Gasteiger partial charge in [-0.2, -0.15) is 4.31 Å². The van der Waals surface area contributed by atoms with Gasteiger partial charge in [-0.3, -0.25) is 4.57 Å². The molecular formula is C18H24N8O2S. The summed E-state index contributed by atoms with van der Waals surface area (Å²) in [6.07, 6.45) is 8.37. The lowest BCUT2D eigenvalue weighted by Crippen LogP contribution is -2.49. The van der Waals surface area contributed by atoms with Crippen LogP contribution in [0.25, 0.3) is 5.82 Å². The van der Waals surface area contributed by atoms with Gasteiger partial charge in [-0.15, -0.1) is 0 Å². The minimum atomic E-state index is -3.60. The first-order valence-electron chi connectivity index (χ1n) is 9.47. The summed E-state index contributed by atoms with van der Waals surface area (Å²) in [7, 11) is -3.60. The zero-order valence-electron chi connectivity index (χ0n) is 16.7. The molecule has 4 heterocycles. The van der Waals surface area contributed by atoms with Crippen molar-refractivity contribution in [2.45, 2.75) is 31.8 Å². The SMILES string of the molecule is Cc1nc(N2CCN(S(=O)(=O)c3cn(C(C)C)cn3)CC2)cc(-n2ccnc2)n1. The molecular weight excluding hydrogens is 392 g/mol. The van der Waals surface area contributed by atoms with Crippen LogP contribution in [0.15, 0.2) is 42.3 Å². The largest absolute Gasteiger partial charge is 0.354 e. The normalized spacial score (nSPS) is 15.9. The topological polar surface area (TPSA) is 102 Å². The first kappa shape index (κ1) is 19.5. The van der Waals surface area contributed by atoms with Crippen molar-refractivity contribution in [3.05, 3.63) is 43.1 Å². The molecule has 0 aliphatic carbocycles. The molecule has 1 aliphatic heterocycles. The summed E-state index contributed by atoms with van der Waals surface area (Å²) in [6.45, 7) is 7.65. The minimum absolute atomic E-state index is 0.0972. The van der Waals surface area contributed by atoms with E-state index < -0.39 is 10.0 Å². The number of anilines is 1. The number of sulfonamides is 1. The summed E-state index contributed by atoms with van der Waals surface area (Å²) in [5.74, 6) is 2.17. The maximum Gasteiger partial charge on any atom is 0.262 e. The molecule has 29 heavy (non-hydrogen) atoms. The number of hydrogen-bond donors (Lipinski definition) is 0. The lowest BCUT2D eigenvalue weighted by atomic mass is 10.3. The van der Waals surface area contributed by atoms with Crippen molar-refractivity contribution < 1.29 is 8.42 Å². The Bertz CT molecular complexity index is 1080. The van der Waals surface area contributed by atoms with Crippen LogP contribution < -0.4 is 4.90 Å². The first-order valence-corrected chi connectivity index (χ1v) is 10.9. The van der Waals surface area contributed by atoms with E-state index in [0.29, 0.717) is 32.0 Å². The molecule has 3 aromatic heterocycles. The molecule has 3 aromatic rings.